The van der Waals surface area contributed by atoms with E-state index in [1.165, 1.54) is 18.2 Å². The molecule has 0 bridgehead atoms. The summed E-state index contributed by atoms with van der Waals surface area (Å²) in [4.78, 5) is 3.81. The average molecular weight is 360 g/mol. The molecule has 1 N–H and O–H groups in total. The van der Waals surface area contributed by atoms with Crippen molar-refractivity contribution >= 4 is 28.3 Å². The molecule has 18 heavy (non-hydrogen) atoms. The number of pyridine rings is 1. The van der Waals surface area contributed by atoms with Gasteiger partial charge in [-0.3, -0.25) is 4.98 Å². The first-order valence-electron chi connectivity index (χ1n) is 5.38. The molecule has 0 radical (unpaired) electrons. The van der Waals surface area contributed by atoms with Gasteiger partial charge in [0, 0.05) is 15.5 Å². The van der Waals surface area contributed by atoms with E-state index in [0.717, 1.165) is 21.0 Å². The van der Waals surface area contributed by atoms with Gasteiger partial charge in [-0.1, -0.05) is 0 Å². The van der Waals surface area contributed by atoms with Gasteiger partial charge in [0.1, 0.15) is 11.6 Å². The monoisotopic (exact) mass is 360 g/mol. The van der Waals surface area contributed by atoms with Crippen molar-refractivity contribution in [3.05, 3.63) is 57.4 Å². The average Bonchev–Trinajstić information content (AvgIpc) is 2.32. The number of aromatic nitrogens is 1. The highest BCUT2D eigenvalue weighted by molar-refractivity contribution is 14.1. The lowest BCUT2D eigenvalue weighted by atomic mass is 10.1. The Morgan fingerprint density at radius 1 is 1.17 bits per heavy atom. The molecular weight excluding hydrogens is 349 g/mol. The number of nitrogens with one attached hydrogen (secondary N) is 1. The normalized spacial score (nSPS) is 12.2. The maximum atomic E-state index is 13.1. The summed E-state index contributed by atoms with van der Waals surface area (Å²) in [5, 5.41) is 3.20. The van der Waals surface area contributed by atoms with Crippen LogP contribution in [0.1, 0.15) is 18.5 Å². The lowest BCUT2D eigenvalue weighted by Gasteiger charge is -2.16. The first-order chi connectivity index (χ1) is 8.56. The molecule has 2 rings (SSSR count). The summed E-state index contributed by atoms with van der Waals surface area (Å²) in [6, 6.07) is 5.83. The highest BCUT2D eigenvalue weighted by atomic mass is 127. The molecule has 0 amide bonds. The number of nitrogens with zero attached hydrogens (tertiary/aromatic N) is 1. The number of hydrogen-bond acceptors (Lipinski definition) is 2. The van der Waals surface area contributed by atoms with Crippen molar-refractivity contribution in [2.24, 2.45) is 0 Å². The molecule has 2 nitrogen and oxygen atoms in total. The van der Waals surface area contributed by atoms with E-state index in [0.29, 0.717) is 0 Å². The van der Waals surface area contributed by atoms with E-state index in [1.54, 1.807) is 12.3 Å². The predicted molar refractivity (Wildman–Crippen MR) is 75.3 cm³/mol. The van der Waals surface area contributed by atoms with Crippen LogP contribution in [0.5, 0.6) is 0 Å². The lowest BCUT2D eigenvalue weighted by Crippen LogP contribution is -2.08. The molecule has 0 fully saturated rings. The van der Waals surface area contributed by atoms with Crippen molar-refractivity contribution in [2.75, 3.05) is 5.32 Å². The fraction of sp³-hybridized carbons (Fsp3) is 0.154. The van der Waals surface area contributed by atoms with Gasteiger partial charge in [0.05, 0.1) is 12.2 Å². The molecule has 2 aromatic rings. The first kappa shape index (κ1) is 13.2. The molecule has 1 unspecified atom stereocenters. The Bertz CT molecular complexity index is 560. The second kappa shape index (κ2) is 5.60. The number of halogens is 3. The highest BCUT2D eigenvalue weighted by Gasteiger charge is 2.09. The lowest BCUT2D eigenvalue weighted by molar-refractivity contribution is 0.616. The Morgan fingerprint density at radius 3 is 2.61 bits per heavy atom. The van der Waals surface area contributed by atoms with Crippen LogP contribution in [0.15, 0.2) is 36.7 Å². The third-order valence-electron chi connectivity index (χ3n) is 2.53. The largest absolute Gasteiger partial charge is 0.378 e. The van der Waals surface area contributed by atoms with Crippen LogP contribution in [0, 0.1) is 15.2 Å². The topological polar surface area (TPSA) is 24.9 Å². The Hall–Kier alpha value is -1.24. The molecule has 1 atom stereocenters. The van der Waals surface area contributed by atoms with Crippen LogP contribution in [-0.4, -0.2) is 4.98 Å². The zero-order valence-electron chi connectivity index (χ0n) is 9.62. The summed E-state index contributed by atoms with van der Waals surface area (Å²) in [5.74, 6) is -0.639. The smallest absolute Gasteiger partial charge is 0.141 e. The summed E-state index contributed by atoms with van der Waals surface area (Å²) >= 11 is 2.05. The Morgan fingerprint density at radius 2 is 1.94 bits per heavy atom. The summed E-state index contributed by atoms with van der Waals surface area (Å²) in [6.07, 6.45) is 2.77. The van der Waals surface area contributed by atoms with Gasteiger partial charge >= 0.3 is 0 Å². The minimum Gasteiger partial charge on any atom is -0.378 e. The summed E-state index contributed by atoms with van der Waals surface area (Å²) in [5.41, 5.74) is 1.56. The van der Waals surface area contributed by atoms with Crippen LogP contribution >= 0.6 is 22.6 Å². The zero-order chi connectivity index (χ0) is 13.1. The van der Waals surface area contributed by atoms with Gasteiger partial charge in [0.15, 0.2) is 0 Å². The van der Waals surface area contributed by atoms with E-state index in [-0.39, 0.29) is 17.7 Å². The summed E-state index contributed by atoms with van der Waals surface area (Å²) in [6.45, 7) is 1.90. The van der Waals surface area contributed by atoms with Crippen molar-refractivity contribution in [1.29, 1.82) is 0 Å². The van der Waals surface area contributed by atoms with Crippen LogP contribution in [0.4, 0.5) is 14.5 Å². The van der Waals surface area contributed by atoms with Crippen LogP contribution in [0.25, 0.3) is 0 Å². The maximum absolute atomic E-state index is 13.1. The van der Waals surface area contributed by atoms with Gasteiger partial charge < -0.3 is 5.32 Å². The second-order valence-corrected chi connectivity index (χ2v) is 5.09. The van der Waals surface area contributed by atoms with E-state index in [9.17, 15) is 8.78 Å². The molecule has 0 aliphatic heterocycles. The van der Waals surface area contributed by atoms with Gasteiger partial charge in [-0.2, -0.15) is 0 Å². The molecular formula is C13H11F2IN2. The van der Waals surface area contributed by atoms with Crippen LogP contribution < -0.4 is 5.32 Å². The zero-order valence-corrected chi connectivity index (χ0v) is 11.8. The Kier molecular flexibility index (Phi) is 4.11. The number of rotatable bonds is 3. The van der Waals surface area contributed by atoms with E-state index in [4.69, 9.17) is 0 Å². The minimum atomic E-state index is -0.366. The van der Waals surface area contributed by atoms with Gasteiger partial charge in [-0.05, 0) is 59.3 Å². The SMILES string of the molecule is CC(Nc1ccc(F)cc1I)c1cncc(F)c1. The van der Waals surface area contributed by atoms with Gasteiger partial charge in [0.25, 0.3) is 0 Å². The van der Waals surface area contributed by atoms with E-state index >= 15 is 0 Å². The summed E-state index contributed by atoms with van der Waals surface area (Å²) < 4.78 is 26.8. The van der Waals surface area contributed by atoms with Crippen molar-refractivity contribution in [3.8, 4) is 0 Å². The quantitative estimate of drug-likeness (QED) is 0.833. The predicted octanol–water partition coefficient (Wildman–Crippen LogP) is 4.14. The van der Waals surface area contributed by atoms with Gasteiger partial charge in [0.2, 0.25) is 0 Å². The van der Waals surface area contributed by atoms with Gasteiger partial charge in [-0.25, -0.2) is 8.78 Å². The molecule has 0 saturated carbocycles. The van der Waals surface area contributed by atoms with E-state index in [1.807, 2.05) is 6.92 Å². The molecule has 1 aromatic heterocycles. The highest BCUT2D eigenvalue weighted by Crippen LogP contribution is 2.24. The minimum absolute atomic E-state index is 0.104. The fourth-order valence-electron chi connectivity index (χ4n) is 1.59. The number of benzene rings is 1. The van der Waals surface area contributed by atoms with Crippen molar-refractivity contribution in [1.82, 2.24) is 4.98 Å². The molecule has 0 aliphatic rings. The Labute approximate surface area is 118 Å². The summed E-state index contributed by atoms with van der Waals surface area (Å²) in [7, 11) is 0. The first-order valence-corrected chi connectivity index (χ1v) is 6.46. The van der Waals surface area contributed by atoms with Crippen LogP contribution in [0.3, 0.4) is 0 Å². The standard InChI is InChI=1S/C13H11F2IN2/c1-8(9-4-11(15)7-17-6-9)18-13-3-2-10(14)5-12(13)16/h2-8,18H,1H3. The molecule has 0 saturated heterocycles. The third-order valence-corrected chi connectivity index (χ3v) is 3.42. The fourth-order valence-corrected chi connectivity index (χ4v) is 2.22. The molecule has 5 heteroatoms. The van der Waals surface area contributed by atoms with Crippen molar-refractivity contribution < 1.29 is 8.78 Å². The number of anilines is 1. The van der Waals surface area contributed by atoms with E-state index in [2.05, 4.69) is 32.9 Å². The Balaban J connectivity index is 2.18. The molecule has 94 valence electrons. The maximum Gasteiger partial charge on any atom is 0.141 e. The van der Waals surface area contributed by atoms with Gasteiger partial charge in [-0.15, -0.1) is 0 Å². The van der Waals surface area contributed by atoms with Crippen LogP contribution in [-0.2, 0) is 0 Å². The molecule has 1 aromatic carbocycles. The van der Waals surface area contributed by atoms with Crippen molar-refractivity contribution in [2.45, 2.75) is 13.0 Å². The van der Waals surface area contributed by atoms with Crippen LogP contribution in [0.2, 0.25) is 0 Å². The second-order valence-electron chi connectivity index (χ2n) is 3.93. The van der Waals surface area contributed by atoms with E-state index < -0.39 is 0 Å². The number of hydrogen-bond donors (Lipinski definition) is 1. The third kappa shape index (κ3) is 3.16. The molecule has 1 heterocycles. The van der Waals surface area contributed by atoms with Crippen molar-refractivity contribution in [3.63, 3.8) is 0 Å². The molecule has 0 spiro atoms. The molecule has 0 aliphatic carbocycles.